The maximum Gasteiger partial charge on any atom is 0.308 e. The molecular weight excluding hydrogens is 528 g/mol. The average Bonchev–Trinajstić information content (AvgIpc) is 2.91. The number of hydrogen-bond donors (Lipinski definition) is 0. The first kappa shape index (κ1) is 29.2. The molecule has 0 aliphatic heterocycles. The zero-order valence-electron chi connectivity index (χ0n) is 23.3. The van der Waals surface area contributed by atoms with Crippen LogP contribution < -0.4 is 10.4 Å². The quantitative estimate of drug-likeness (QED) is 0.217. The molecule has 39 heavy (non-hydrogen) atoms. The normalized spacial score (nSPS) is 20.4. The maximum absolute atomic E-state index is 13.2. The highest BCUT2D eigenvalue weighted by molar-refractivity contribution is 7.86. The molecule has 3 aromatic carbocycles. The van der Waals surface area contributed by atoms with Crippen molar-refractivity contribution in [2.45, 2.75) is 69.1 Å². The van der Waals surface area contributed by atoms with Gasteiger partial charge < -0.3 is 9.16 Å². The van der Waals surface area contributed by atoms with Crippen molar-refractivity contribution in [3.63, 3.8) is 0 Å². The molecule has 8 heteroatoms. The largest absolute Gasteiger partial charge is 0.469 e. The molecule has 0 radical (unpaired) electrons. The molecule has 1 aliphatic rings. The Balaban J connectivity index is 1.73. The lowest BCUT2D eigenvalue weighted by molar-refractivity contribution is -0.149. The Morgan fingerprint density at radius 1 is 0.795 bits per heavy atom. The fourth-order valence-electron chi connectivity index (χ4n) is 5.63. The Morgan fingerprint density at radius 2 is 1.31 bits per heavy atom. The summed E-state index contributed by atoms with van der Waals surface area (Å²) in [5.41, 5.74) is 0.955. The van der Waals surface area contributed by atoms with E-state index in [2.05, 4.69) is 45.0 Å². The highest BCUT2D eigenvalue weighted by Crippen LogP contribution is 2.41. The lowest BCUT2D eigenvalue weighted by Crippen LogP contribution is -2.68. The van der Waals surface area contributed by atoms with E-state index in [1.165, 1.54) is 7.11 Å². The van der Waals surface area contributed by atoms with Gasteiger partial charge in [0.2, 0.25) is 0 Å². The number of aryl methyl sites for hydroxylation is 1. The first-order valence-electron chi connectivity index (χ1n) is 13.3. The van der Waals surface area contributed by atoms with Crippen LogP contribution in [-0.4, -0.2) is 42.0 Å². The summed E-state index contributed by atoms with van der Waals surface area (Å²) in [7, 11) is -5.60. The highest BCUT2D eigenvalue weighted by Gasteiger charge is 2.52. The number of esters is 1. The number of carbonyl (C=O) groups excluding carboxylic acids is 1. The lowest BCUT2D eigenvalue weighted by atomic mass is 9.85. The Kier molecular flexibility index (Phi) is 8.81. The van der Waals surface area contributed by atoms with Crippen LogP contribution in [0.15, 0.2) is 89.8 Å². The smallest absolute Gasteiger partial charge is 0.308 e. The molecule has 0 amide bonds. The van der Waals surface area contributed by atoms with E-state index in [4.69, 9.17) is 13.3 Å². The molecule has 1 saturated carbocycles. The zero-order valence-corrected chi connectivity index (χ0v) is 25.1. The van der Waals surface area contributed by atoms with E-state index < -0.39 is 36.6 Å². The van der Waals surface area contributed by atoms with Crippen molar-refractivity contribution >= 4 is 34.8 Å². The average molecular weight is 567 g/mol. The van der Waals surface area contributed by atoms with Gasteiger partial charge >= 0.3 is 5.97 Å². The van der Waals surface area contributed by atoms with Gasteiger partial charge in [0.15, 0.2) is 0 Å². The first-order chi connectivity index (χ1) is 18.5. The van der Waals surface area contributed by atoms with E-state index in [0.29, 0.717) is 12.8 Å². The molecule has 1 aliphatic carbocycles. The van der Waals surface area contributed by atoms with E-state index in [9.17, 15) is 13.2 Å². The molecule has 6 nitrogen and oxygen atoms in total. The molecule has 0 bridgehead atoms. The third-order valence-electron chi connectivity index (χ3n) is 7.49. The molecule has 0 saturated heterocycles. The van der Waals surface area contributed by atoms with Crippen LogP contribution in [0, 0.1) is 12.8 Å². The molecule has 208 valence electrons. The molecule has 4 rings (SSSR count). The van der Waals surface area contributed by atoms with Crippen molar-refractivity contribution in [1.82, 2.24) is 0 Å². The maximum atomic E-state index is 13.2. The van der Waals surface area contributed by atoms with Crippen molar-refractivity contribution < 1.29 is 26.6 Å². The van der Waals surface area contributed by atoms with Crippen LogP contribution in [0.2, 0.25) is 5.04 Å². The Hall–Kier alpha value is -2.78. The number of carbonyl (C=O) groups is 1. The molecule has 0 N–H and O–H groups in total. The van der Waals surface area contributed by atoms with Crippen molar-refractivity contribution in [3.8, 4) is 0 Å². The van der Waals surface area contributed by atoms with Crippen molar-refractivity contribution in [2.75, 3.05) is 7.11 Å². The van der Waals surface area contributed by atoms with Crippen LogP contribution in [0.4, 0.5) is 0 Å². The zero-order chi connectivity index (χ0) is 28.3. The van der Waals surface area contributed by atoms with Crippen LogP contribution in [-0.2, 0) is 28.3 Å². The molecular formula is C31H38O6SSi. The van der Waals surface area contributed by atoms with Gasteiger partial charge in [0.05, 0.1) is 24.0 Å². The third-order valence-corrected chi connectivity index (χ3v) is 14.0. The van der Waals surface area contributed by atoms with E-state index in [1.54, 1.807) is 24.3 Å². The number of hydrogen-bond acceptors (Lipinski definition) is 6. The SMILES string of the molecule is COC(=O)[C@H]1C[C@@H](O[Si](c2ccccc2)(c2ccccc2)C(C)(C)C)C[C@@H](OS(=O)(=O)c2ccc(C)cc2)C1. The molecule has 0 heterocycles. The van der Waals surface area contributed by atoms with E-state index in [0.717, 1.165) is 15.9 Å². The van der Waals surface area contributed by atoms with Crippen molar-refractivity contribution in [1.29, 1.82) is 0 Å². The summed E-state index contributed by atoms with van der Waals surface area (Å²) in [4.78, 5) is 12.9. The number of rotatable bonds is 8. The fourth-order valence-corrected chi connectivity index (χ4v) is 11.4. The van der Waals surface area contributed by atoms with Gasteiger partial charge in [-0.1, -0.05) is 99.1 Å². The second kappa shape index (κ2) is 11.8. The van der Waals surface area contributed by atoms with Gasteiger partial charge in [0.25, 0.3) is 18.4 Å². The second-order valence-corrected chi connectivity index (χ2v) is 17.1. The number of benzene rings is 3. The van der Waals surface area contributed by atoms with E-state index >= 15 is 0 Å². The van der Waals surface area contributed by atoms with Crippen LogP contribution in [0.25, 0.3) is 0 Å². The first-order valence-corrected chi connectivity index (χ1v) is 16.6. The van der Waals surface area contributed by atoms with Gasteiger partial charge in [-0.3, -0.25) is 8.98 Å². The van der Waals surface area contributed by atoms with Gasteiger partial charge in [0.1, 0.15) is 0 Å². The summed E-state index contributed by atoms with van der Waals surface area (Å²) in [5.74, 6) is -0.919. The molecule has 0 aromatic heterocycles. The van der Waals surface area contributed by atoms with Crippen molar-refractivity contribution in [3.05, 3.63) is 90.5 Å². The molecule has 0 spiro atoms. The Bertz CT molecular complexity index is 1310. The van der Waals surface area contributed by atoms with Crippen LogP contribution in [0.5, 0.6) is 0 Å². The topological polar surface area (TPSA) is 78.9 Å². The van der Waals surface area contributed by atoms with Crippen LogP contribution in [0.3, 0.4) is 0 Å². The Labute approximate surface area is 233 Å². The molecule has 3 atom stereocenters. The minimum Gasteiger partial charge on any atom is -0.469 e. The summed E-state index contributed by atoms with van der Waals surface area (Å²) in [6.45, 7) is 8.47. The highest BCUT2D eigenvalue weighted by atomic mass is 32.2. The van der Waals surface area contributed by atoms with Gasteiger partial charge in [-0.05, 0) is 47.3 Å². The number of ether oxygens (including phenoxy) is 1. The lowest BCUT2D eigenvalue weighted by Gasteiger charge is -2.47. The van der Waals surface area contributed by atoms with Crippen LogP contribution in [0.1, 0.15) is 45.6 Å². The predicted octanol–water partition coefficient (Wildman–Crippen LogP) is 4.99. The van der Waals surface area contributed by atoms with Gasteiger partial charge in [-0.15, -0.1) is 0 Å². The molecule has 3 aromatic rings. The third kappa shape index (κ3) is 6.35. The minimum absolute atomic E-state index is 0.0951. The fraction of sp³-hybridized carbons (Fsp3) is 0.387. The number of methoxy groups -OCH3 is 1. The van der Waals surface area contributed by atoms with Crippen molar-refractivity contribution in [2.24, 2.45) is 5.92 Å². The van der Waals surface area contributed by atoms with Crippen LogP contribution >= 0.6 is 0 Å². The Morgan fingerprint density at radius 3 is 1.79 bits per heavy atom. The summed E-state index contributed by atoms with van der Waals surface area (Å²) >= 11 is 0. The van der Waals surface area contributed by atoms with Gasteiger partial charge in [-0.2, -0.15) is 8.42 Å². The van der Waals surface area contributed by atoms with E-state index in [-0.39, 0.29) is 22.3 Å². The predicted molar refractivity (Wildman–Crippen MR) is 155 cm³/mol. The molecule has 1 fully saturated rings. The van der Waals surface area contributed by atoms with E-state index in [1.807, 2.05) is 43.3 Å². The monoisotopic (exact) mass is 566 g/mol. The summed E-state index contributed by atoms with van der Waals surface area (Å²) in [5, 5.41) is 1.97. The molecule has 0 unspecified atom stereocenters. The summed E-state index contributed by atoms with van der Waals surface area (Å²) in [6.07, 6.45) is -0.104. The second-order valence-electron chi connectivity index (χ2n) is 11.3. The van der Waals surface area contributed by atoms with Gasteiger partial charge in [0, 0.05) is 12.5 Å². The summed E-state index contributed by atoms with van der Waals surface area (Å²) < 4.78 is 44.5. The minimum atomic E-state index is -4.03. The van der Waals surface area contributed by atoms with Gasteiger partial charge in [-0.25, -0.2) is 0 Å². The standard InChI is InChI=1S/C31H38O6SSi/c1-23-16-18-27(19-17-23)38(33,34)36-25-20-24(30(32)35-5)21-26(22-25)37-39(31(2,3)4,28-12-8-6-9-13-28)29-14-10-7-11-15-29/h6-19,24-26H,20-22H2,1-5H3/t24-,25+,26-/m1/s1. The summed E-state index contributed by atoms with van der Waals surface area (Å²) in [6, 6.07) is 27.1.